The van der Waals surface area contributed by atoms with Crippen LogP contribution in [0.4, 0.5) is 0 Å². The topological polar surface area (TPSA) is 49.4 Å². The predicted molar refractivity (Wildman–Crippen MR) is 81.4 cm³/mol. The maximum Gasteiger partial charge on any atom is 0.225 e. The van der Waals surface area contributed by atoms with Crippen LogP contribution in [0, 0.1) is 23.7 Å². The SMILES string of the molecule is CN(CCCNC(=O)[C@@H]1C[C@H]2C=C[C@H]1C2)C(=O)C1CCC1. The third kappa shape index (κ3) is 3.14. The first-order chi connectivity index (χ1) is 10.1. The molecule has 3 rings (SSSR count). The van der Waals surface area contributed by atoms with Crippen molar-refractivity contribution in [1.82, 2.24) is 10.2 Å². The summed E-state index contributed by atoms with van der Waals surface area (Å²) in [6, 6.07) is 0. The first-order valence-electron chi connectivity index (χ1n) is 8.36. The Morgan fingerprint density at radius 1 is 1.24 bits per heavy atom. The second-order valence-corrected chi connectivity index (χ2v) is 6.92. The molecule has 0 aromatic heterocycles. The van der Waals surface area contributed by atoms with Crippen molar-refractivity contribution < 1.29 is 9.59 Å². The molecule has 0 aromatic carbocycles. The largest absolute Gasteiger partial charge is 0.356 e. The summed E-state index contributed by atoms with van der Waals surface area (Å²) >= 11 is 0. The number of amides is 2. The molecular formula is C17H26N2O2. The van der Waals surface area contributed by atoms with Gasteiger partial charge in [-0.15, -0.1) is 0 Å². The molecule has 0 radical (unpaired) electrons. The molecule has 0 aliphatic heterocycles. The molecule has 4 heteroatoms. The van der Waals surface area contributed by atoms with Crippen LogP contribution in [-0.4, -0.2) is 36.9 Å². The lowest BCUT2D eigenvalue weighted by Crippen LogP contribution is -2.38. The number of nitrogens with zero attached hydrogens (tertiary/aromatic N) is 1. The Morgan fingerprint density at radius 3 is 2.62 bits per heavy atom. The van der Waals surface area contributed by atoms with Gasteiger partial charge in [-0.3, -0.25) is 9.59 Å². The third-order valence-corrected chi connectivity index (χ3v) is 5.42. The van der Waals surface area contributed by atoms with E-state index in [1.807, 2.05) is 11.9 Å². The highest BCUT2D eigenvalue weighted by Gasteiger charge is 2.39. The number of hydrogen-bond donors (Lipinski definition) is 1. The minimum Gasteiger partial charge on any atom is -0.356 e. The van der Waals surface area contributed by atoms with Crippen LogP contribution in [0.15, 0.2) is 12.2 Å². The number of carbonyl (C=O) groups excluding carboxylic acids is 2. The molecule has 3 atom stereocenters. The summed E-state index contributed by atoms with van der Waals surface area (Å²) in [5, 5.41) is 3.05. The van der Waals surface area contributed by atoms with Crippen LogP contribution in [0.1, 0.15) is 38.5 Å². The second kappa shape index (κ2) is 6.20. The van der Waals surface area contributed by atoms with E-state index in [1.54, 1.807) is 0 Å². The number of nitrogens with one attached hydrogen (secondary N) is 1. The Labute approximate surface area is 127 Å². The monoisotopic (exact) mass is 290 g/mol. The van der Waals surface area contributed by atoms with Gasteiger partial charge in [-0.2, -0.15) is 0 Å². The molecule has 0 saturated heterocycles. The highest BCUT2D eigenvalue weighted by molar-refractivity contribution is 5.80. The molecule has 3 aliphatic rings. The maximum absolute atomic E-state index is 12.2. The average Bonchev–Trinajstić information content (AvgIpc) is 3.03. The predicted octanol–water partition coefficient (Wildman–Crippen LogP) is 1.96. The Bertz CT molecular complexity index is 442. The molecule has 21 heavy (non-hydrogen) atoms. The van der Waals surface area contributed by atoms with Gasteiger partial charge < -0.3 is 10.2 Å². The average molecular weight is 290 g/mol. The number of hydrogen-bond acceptors (Lipinski definition) is 2. The lowest BCUT2D eigenvalue weighted by Gasteiger charge is -2.29. The van der Waals surface area contributed by atoms with Crippen LogP contribution in [-0.2, 0) is 9.59 Å². The summed E-state index contributed by atoms with van der Waals surface area (Å²) in [6.07, 6.45) is 10.8. The first kappa shape index (κ1) is 14.6. The van der Waals surface area contributed by atoms with Crippen molar-refractivity contribution >= 4 is 11.8 Å². The third-order valence-electron chi connectivity index (χ3n) is 5.42. The molecule has 1 N–H and O–H groups in total. The van der Waals surface area contributed by atoms with E-state index in [1.165, 1.54) is 6.42 Å². The van der Waals surface area contributed by atoms with Crippen LogP contribution < -0.4 is 5.32 Å². The number of carbonyl (C=O) groups is 2. The van der Waals surface area contributed by atoms with Gasteiger partial charge in [-0.25, -0.2) is 0 Å². The van der Waals surface area contributed by atoms with E-state index < -0.39 is 0 Å². The van der Waals surface area contributed by atoms with E-state index in [0.717, 1.165) is 38.6 Å². The standard InChI is InChI=1S/C17H26N2O2/c1-19(17(21)13-4-2-5-13)9-3-8-18-16(20)15-11-12-6-7-14(15)10-12/h6-7,12-15H,2-5,8-11H2,1H3,(H,18,20)/t12-,14-,15+/m0/s1. The molecule has 2 bridgehead atoms. The lowest BCUT2D eigenvalue weighted by atomic mass is 9.84. The van der Waals surface area contributed by atoms with Crippen molar-refractivity contribution in [2.75, 3.05) is 20.1 Å². The molecule has 2 fully saturated rings. The van der Waals surface area contributed by atoms with Crippen LogP contribution in [0.5, 0.6) is 0 Å². The molecule has 0 aromatic rings. The smallest absolute Gasteiger partial charge is 0.225 e. The van der Waals surface area contributed by atoms with Gasteiger partial charge in [0.2, 0.25) is 11.8 Å². The molecule has 0 spiro atoms. The lowest BCUT2D eigenvalue weighted by molar-refractivity contribution is -0.136. The van der Waals surface area contributed by atoms with Crippen molar-refractivity contribution in [2.45, 2.75) is 38.5 Å². The Morgan fingerprint density at radius 2 is 2.05 bits per heavy atom. The van der Waals surface area contributed by atoms with E-state index in [2.05, 4.69) is 17.5 Å². The summed E-state index contributed by atoms with van der Waals surface area (Å²) < 4.78 is 0. The quantitative estimate of drug-likeness (QED) is 0.600. The van der Waals surface area contributed by atoms with Crippen LogP contribution in [0.25, 0.3) is 0 Å². The van der Waals surface area contributed by atoms with Gasteiger partial charge in [0.05, 0.1) is 0 Å². The number of allylic oxidation sites excluding steroid dienone is 2. The van der Waals surface area contributed by atoms with Crippen molar-refractivity contribution in [1.29, 1.82) is 0 Å². The fraction of sp³-hybridized carbons (Fsp3) is 0.765. The molecule has 0 unspecified atom stereocenters. The minimum atomic E-state index is 0.189. The summed E-state index contributed by atoms with van der Waals surface area (Å²) in [5.41, 5.74) is 0. The second-order valence-electron chi connectivity index (χ2n) is 6.92. The van der Waals surface area contributed by atoms with Gasteiger partial charge in [0, 0.05) is 32.0 Å². The zero-order chi connectivity index (χ0) is 14.8. The Kier molecular flexibility index (Phi) is 4.32. The van der Waals surface area contributed by atoms with Crippen molar-refractivity contribution in [3.8, 4) is 0 Å². The zero-order valence-electron chi connectivity index (χ0n) is 12.9. The van der Waals surface area contributed by atoms with Crippen LogP contribution >= 0.6 is 0 Å². The van der Waals surface area contributed by atoms with E-state index in [9.17, 15) is 9.59 Å². The van der Waals surface area contributed by atoms with E-state index >= 15 is 0 Å². The Hall–Kier alpha value is -1.32. The van der Waals surface area contributed by atoms with Crippen LogP contribution in [0.2, 0.25) is 0 Å². The highest BCUT2D eigenvalue weighted by atomic mass is 16.2. The summed E-state index contributed by atoms with van der Waals surface area (Å²) in [5.74, 6) is 2.06. The molecule has 0 heterocycles. The van der Waals surface area contributed by atoms with Crippen molar-refractivity contribution in [2.24, 2.45) is 23.7 Å². The van der Waals surface area contributed by atoms with Crippen LogP contribution in [0.3, 0.4) is 0 Å². The van der Waals surface area contributed by atoms with Gasteiger partial charge in [-0.1, -0.05) is 18.6 Å². The van der Waals surface area contributed by atoms with E-state index in [0.29, 0.717) is 18.4 Å². The minimum absolute atomic E-state index is 0.189. The molecule has 3 aliphatic carbocycles. The van der Waals surface area contributed by atoms with E-state index in [-0.39, 0.29) is 23.7 Å². The molecule has 2 saturated carbocycles. The molecular weight excluding hydrogens is 264 g/mol. The summed E-state index contributed by atoms with van der Waals surface area (Å²) in [4.78, 5) is 26.0. The van der Waals surface area contributed by atoms with Crippen molar-refractivity contribution in [3.05, 3.63) is 12.2 Å². The van der Waals surface area contributed by atoms with Gasteiger partial charge in [-0.05, 0) is 43.9 Å². The fourth-order valence-electron chi connectivity index (χ4n) is 3.82. The van der Waals surface area contributed by atoms with Gasteiger partial charge in [0.25, 0.3) is 0 Å². The maximum atomic E-state index is 12.2. The van der Waals surface area contributed by atoms with Crippen molar-refractivity contribution in [3.63, 3.8) is 0 Å². The number of rotatable bonds is 6. The summed E-state index contributed by atoms with van der Waals surface area (Å²) in [7, 11) is 1.88. The normalized spacial score (nSPS) is 30.2. The first-order valence-corrected chi connectivity index (χ1v) is 8.36. The Balaban J connectivity index is 1.32. The number of fused-ring (bicyclic) bond motifs is 2. The summed E-state index contributed by atoms with van der Waals surface area (Å²) in [6.45, 7) is 1.42. The van der Waals surface area contributed by atoms with Gasteiger partial charge in [0.1, 0.15) is 0 Å². The zero-order valence-corrected chi connectivity index (χ0v) is 12.9. The van der Waals surface area contributed by atoms with E-state index in [4.69, 9.17) is 0 Å². The highest BCUT2D eigenvalue weighted by Crippen LogP contribution is 2.43. The fourth-order valence-corrected chi connectivity index (χ4v) is 3.82. The molecule has 116 valence electrons. The van der Waals surface area contributed by atoms with Gasteiger partial charge >= 0.3 is 0 Å². The molecule has 4 nitrogen and oxygen atoms in total. The van der Waals surface area contributed by atoms with Gasteiger partial charge in [0.15, 0.2) is 0 Å². The molecule has 2 amide bonds.